The van der Waals surface area contributed by atoms with E-state index < -0.39 is 0 Å². The predicted molar refractivity (Wildman–Crippen MR) is 148 cm³/mol. The highest BCUT2D eigenvalue weighted by Gasteiger charge is 2.42. The summed E-state index contributed by atoms with van der Waals surface area (Å²) in [6, 6.07) is 28.1. The minimum atomic E-state index is 0.202. The number of hydrogen-bond acceptors (Lipinski definition) is 5. The summed E-state index contributed by atoms with van der Waals surface area (Å²) in [6.45, 7) is 0. The van der Waals surface area contributed by atoms with Gasteiger partial charge in [-0.25, -0.2) is 0 Å². The van der Waals surface area contributed by atoms with E-state index in [0.29, 0.717) is 5.37 Å². The lowest BCUT2D eigenvalue weighted by Crippen LogP contribution is -2.29. The minimum absolute atomic E-state index is 0.202. The fraction of sp³-hybridized carbons (Fsp3) is 0.0645. The third-order valence-corrected chi connectivity index (χ3v) is 8.61. The monoisotopic (exact) mass is 480 g/mol. The van der Waals surface area contributed by atoms with Crippen molar-refractivity contribution in [2.75, 3.05) is 0 Å². The van der Waals surface area contributed by atoms with E-state index in [9.17, 15) is 0 Å². The number of fused-ring (bicyclic) bond motifs is 8. The van der Waals surface area contributed by atoms with Crippen LogP contribution in [0.1, 0.15) is 17.2 Å². The van der Waals surface area contributed by atoms with Crippen molar-refractivity contribution in [2.45, 2.75) is 16.3 Å². The summed E-state index contributed by atoms with van der Waals surface area (Å²) < 4.78 is 0. The highest BCUT2D eigenvalue weighted by molar-refractivity contribution is 8.00. The second-order valence-corrected chi connectivity index (χ2v) is 10.4. The molecule has 0 aliphatic carbocycles. The van der Waals surface area contributed by atoms with Gasteiger partial charge in [-0.1, -0.05) is 66.4 Å². The van der Waals surface area contributed by atoms with Gasteiger partial charge in [-0.2, -0.15) is 0 Å². The molecule has 170 valence electrons. The molecule has 0 saturated carbocycles. The molecule has 3 aromatic carbocycles. The van der Waals surface area contributed by atoms with Crippen LogP contribution >= 0.6 is 11.8 Å². The molecule has 2 atom stereocenters. The zero-order valence-corrected chi connectivity index (χ0v) is 20.1. The number of allylic oxidation sites excluding steroid dienone is 2. The van der Waals surface area contributed by atoms with E-state index in [0.717, 1.165) is 27.6 Å². The fourth-order valence-electron chi connectivity index (χ4n) is 5.52. The molecule has 4 nitrogen and oxygen atoms in total. The number of benzene rings is 3. The Balaban J connectivity index is 1.16. The van der Waals surface area contributed by atoms with E-state index in [1.165, 1.54) is 32.7 Å². The van der Waals surface area contributed by atoms with Crippen molar-refractivity contribution in [1.82, 2.24) is 14.9 Å². The zero-order chi connectivity index (χ0) is 23.6. The van der Waals surface area contributed by atoms with Crippen LogP contribution in [0.25, 0.3) is 38.5 Å². The number of thioether (sulfide) groups is 1. The van der Waals surface area contributed by atoms with Crippen LogP contribution in [-0.4, -0.2) is 26.1 Å². The van der Waals surface area contributed by atoms with Crippen LogP contribution < -0.4 is 0 Å². The third kappa shape index (κ3) is 2.93. The molecule has 0 saturated heterocycles. The van der Waals surface area contributed by atoms with Gasteiger partial charge in [0.2, 0.25) is 0 Å². The third-order valence-electron chi connectivity index (χ3n) is 7.26. The molecule has 0 spiro atoms. The molecule has 0 bridgehead atoms. The van der Waals surface area contributed by atoms with Crippen molar-refractivity contribution in [3.05, 3.63) is 121 Å². The van der Waals surface area contributed by atoms with Crippen molar-refractivity contribution in [2.24, 2.45) is 4.99 Å². The Morgan fingerprint density at radius 1 is 0.778 bits per heavy atom. The lowest BCUT2D eigenvalue weighted by atomic mass is 9.95. The quantitative estimate of drug-likeness (QED) is 0.250. The smallest absolute Gasteiger partial charge is 0.129 e. The second kappa shape index (κ2) is 7.64. The summed E-state index contributed by atoms with van der Waals surface area (Å²) in [5.74, 6) is 1.05. The number of pyridine rings is 2. The van der Waals surface area contributed by atoms with E-state index in [4.69, 9.17) is 4.99 Å². The van der Waals surface area contributed by atoms with Crippen molar-refractivity contribution in [3.63, 3.8) is 0 Å². The van der Waals surface area contributed by atoms with Crippen LogP contribution in [-0.2, 0) is 0 Å². The lowest BCUT2D eigenvalue weighted by molar-refractivity contribution is 0.514. The van der Waals surface area contributed by atoms with Crippen molar-refractivity contribution in [3.8, 4) is 11.1 Å². The maximum atomic E-state index is 5.10. The minimum Gasteiger partial charge on any atom is -0.318 e. The molecular formula is C31H20N4S. The first-order valence-electron chi connectivity index (χ1n) is 12.1. The standard InChI is InChI=1S/C31H20N4S/c1-2-8-26-24(6-1)30-31(36-26)35-16-13-21(18-27(35)34-30)19-9-11-20(12-10-19)25-17-22-5-3-14-32-28(22)29-23(25)7-4-15-33-29/h1-18,30-31H. The van der Waals surface area contributed by atoms with Gasteiger partial charge < -0.3 is 4.90 Å². The second-order valence-electron chi connectivity index (χ2n) is 9.28. The molecule has 2 aromatic heterocycles. The molecule has 0 amide bonds. The molecule has 2 unspecified atom stereocenters. The molecule has 5 heteroatoms. The Morgan fingerprint density at radius 3 is 2.50 bits per heavy atom. The summed E-state index contributed by atoms with van der Waals surface area (Å²) in [5.41, 5.74) is 7.94. The van der Waals surface area contributed by atoms with Gasteiger partial charge in [0.25, 0.3) is 0 Å². The Hall–Kier alpha value is -4.22. The van der Waals surface area contributed by atoms with Crippen LogP contribution in [0, 0.1) is 0 Å². The Kier molecular flexibility index (Phi) is 4.25. The fourth-order valence-corrected chi connectivity index (χ4v) is 6.89. The number of amidine groups is 1. The summed E-state index contributed by atoms with van der Waals surface area (Å²) in [5, 5.41) is 2.54. The summed E-state index contributed by atoms with van der Waals surface area (Å²) in [6.07, 6.45) is 10.3. The van der Waals surface area contributed by atoms with Gasteiger partial charge in [-0.3, -0.25) is 15.0 Å². The summed E-state index contributed by atoms with van der Waals surface area (Å²) in [4.78, 5) is 18.0. The maximum Gasteiger partial charge on any atom is 0.129 e. The molecule has 5 heterocycles. The Morgan fingerprint density at radius 2 is 1.58 bits per heavy atom. The van der Waals surface area contributed by atoms with Gasteiger partial charge in [-0.15, -0.1) is 0 Å². The molecule has 0 radical (unpaired) electrons. The zero-order valence-electron chi connectivity index (χ0n) is 19.2. The molecule has 36 heavy (non-hydrogen) atoms. The highest BCUT2D eigenvalue weighted by atomic mass is 32.2. The Labute approximate surface area is 212 Å². The molecule has 0 N–H and O–H groups in total. The van der Waals surface area contributed by atoms with Crippen LogP contribution in [0.5, 0.6) is 0 Å². The van der Waals surface area contributed by atoms with Gasteiger partial charge in [0, 0.05) is 34.3 Å². The van der Waals surface area contributed by atoms with E-state index in [1.54, 1.807) is 0 Å². The van der Waals surface area contributed by atoms with Crippen LogP contribution in [0.15, 0.2) is 119 Å². The molecule has 3 aliphatic heterocycles. The molecule has 3 aliphatic rings. The summed E-state index contributed by atoms with van der Waals surface area (Å²) >= 11 is 1.91. The first kappa shape index (κ1) is 20.0. The average Bonchev–Trinajstić information content (AvgIpc) is 3.48. The highest BCUT2D eigenvalue weighted by Crippen LogP contribution is 2.51. The van der Waals surface area contributed by atoms with E-state index in [-0.39, 0.29) is 6.04 Å². The van der Waals surface area contributed by atoms with Crippen molar-refractivity contribution < 1.29 is 0 Å². The first-order valence-corrected chi connectivity index (χ1v) is 13.0. The molecule has 0 fully saturated rings. The number of nitrogens with zero attached hydrogens (tertiary/aromatic N) is 4. The van der Waals surface area contributed by atoms with E-state index >= 15 is 0 Å². The number of aliphatic imine (C=N–C) groups is 1. The van der Waals surface area contributed by atoms with Gasteiger partial charge in [-0.05, 0) is 64.2 Å². The van der Waals surface area contributed by atoms with Gasteiger partial charge in [0.15, 0.2) is 0 Å². The first-order chi connectivity index (χ1) is 17.8. The van der Waals surface area contributed by atoms with E-state index in [2.05, 4.69) is 99.9 Å². The molecule has 5 aromatic rings. The van der Waals surface area contributed by atoms with E-state index in [1.807, 2.05) is 36.3 Å². The van der Waals surface area contributed by atoms with Gasteiger partial charge >= 0.3 is 0 Å². The van der Waals surface area contributed by atoms with Crippen LogP contribution in [0.4, 0.5) is 0 Å². The predicted octanol–water partition coefficient (Wildman–Crippen LogP) is 7.25. The van der Waals surface area contributed by atoms with Gasteiger partial charge in [0.1, 0.15) is 17.3 Å². The van der Waals surface area contributed by atoms with Crippen LogP contribution in [0.2, 0.25) is 0 Å². The van der Waals surface area contributed by atoms with Gasteiger partial charge in [0.05, 0.1) is 11.0 Å². The Bertz CT molecular complexity index is 1780. The number of hydrogen-bond donors (Lipinski definition) is 0. The average molecular weight is 481 g/mol. The number of rotatable bonds is 2. The molecule has 8 rings (SSSR count). The normalized spacial score (nSPS) is 19.7. The lowest BCUT2D eigenvalue weighted by Gasteiger charge is -2.24. The van der Waals surface area contributed by atoms with Crippen molar-refractivity contribution >= 4 is 45.0 Å². The summed E-state index contributed by atoms with van der Waals surface area (Å²) in [7, 11) is 0. The largest absolute Gasteiger partial charge is 0.318 e. The van der Waals surface area contributed by atoms with Crippen LogP contribution in [0.3, 0.4) is 0 Å². The number of aromatic nitrogens is 2. The maximum absolute atomic E-state index is 5.10. The van der Waals surface area contributed by atoms with Crippen molar-refractivity contribution in [1.29, 1.82) is 0 Å². The topological polar surface area (TPSA) is 41.4 Å². The molecular weight excluding hydrogens is 460 g/mol. The SMILES string of the molecule is C1=CN2C(=NC3c4ccccc4SC32)C=C1c1ccc(-c2cc3cccnc3c3ncccc23)cc1.